The molecule has 0 saturated carbocycles. The van der Waals surface area contributed by atoms with Gasteiger partial charge in [0.1, 0.15) is 5.56 Å². The van der Waals surface area contributed by atoms with Gasteiger partial charge in [0.05, 0.1) is 12.6 Å². The van der Waals surface area contributed by atoms with Crippen LogP contribution in [0, 0.1) is 0 Å². The van der Waals surface area contributed by atoms with E-state index in [4.69, 9.17) is 4.84 Å². The first-order valence-electron chi connectivity index (χ1n) is 12.1. The molecule has 37 heavy (non-hydrogen) atoms. The van der Waals surface area contributed by atoms with Crippen LogP contribution in [0.1, 0.15) is 33.9 Å². The van der Waals surface area contributed by atoms with Gasteiger partial charge >= 0.3 is 6.18 Å². The zero-order chi connectivity index (χ0) is 26.0. The number of benzene rings is 2. The van der Waals surface area contributed by atoms with Crippen molar-refractivity contribution in [3.63, 3.8) is 0 Å². The minimum Gasteiger partial charge on any atom is -0.336 e. The highest BCUT2D eigenvalue weighted by Gasteiger charge is 2.40. The number of likely N-dealkylation sites (N-methyl/N-ethyl adjacent to an activating group) is 1. The smallest absolute Gasteiger partial charge is 0.336 e. The highest BCUT2D eigenvalue weighted by atomic mass is 19.4. The van der Waals surface area contributed by atoms with Crippen LogP contribution in [0.3, 0.4) is 0 Å². The molecular formula is C26H27F3N6O2. The average Bonchev–Trinajstić information content (AvgIpc) is 3.39. The van der Waals surface area contributed by atoms with Crippen LogP contribution in [0.15, 0.2) is 60.8 Å². The SMILES string of the molecule is CN1CCN(C(=O)c2ccc(Nc3ncc(C(F)(F)F)c(N4OCCC4c4ccccc4)n3)cc2)CC1. The summed E-state index contributed by atoms with van der Waals surface area (Å²) < 4.78 is 41.6. The van der Waals surface area contributed by atoms with Crippen molar-refractivity contribution in [1.82, 2.24) is 19.8 Å². The van der Waals surface area contributed by atoms with Gasteiger partial charge in [0, 0.05) is 50.0 Å². The molecule has 11 heteroatoms. The maximum atomic E-state index is 13.9. The van der Waals surface area contributed by atoms with Crippen molar-refractivity contribution < 1.29 is 22.8 Å². The zero-order valence-corrected chi connectivity index (χ0v) is 20.3. The number of anilines is 3. The van der Waals surface area contributed by atoms with Gasteiger partial charge in [-0.05, 0) is 36.9 Å². The standard InChI is InChI=1S/C26H27F3N6O2/c1-33-12-14-34(15-13-33)24(36)19-7-9-20(10-8-19)31-25-30-17-21(26(27,28)29)23(32-25)35-22(11-16-37-35)18-5-3-2-4-6-18/h2-10,17,22H,11-16H2,1H3,(H,30,31,32). The summed E-state index contributed by atoms with van der Waals surface area (Å²) in [6.45, 7) is 3.25. The van der Waals surface area contributed by atoms with E-state index in [1.807, 2.05) is 42.3 Å². The summed E-state index contributed by atoms with van der Waals surface area (Å²) >= 11 is 0. The molecule has 5 rings (SSSR count). The van der Waals surface area contributed by atoms with Gasteiger partial charge in [-0.15, -0.1) is 0 Å². The summed E-state index contributed by atoms with van der Waals surface area (Å²) in [5.74, 6) is -0.410. The Morgan fingerprint density at radius 3 is 2.41 bits per heavy atom. The van der Waals surface area contributed by atoms with E-state index in [0.29, 0.717) is 30.8 Å². The normalized spacial score (nSPS) is 18.8. The van der Waals surface area contributed by atoms with Gasteiger partial charge in [-0.25, -0.2) is 10.0 Å². The molecule has 1 atom stereocenters. The number of hydrogen-bond donors (Lipinski definition) is 1. The lowest BCUT2D eigenvalue weighted by molar-refractivity contribution is -0.138. The number of halogens is 3. The van der Waals surface area contributed by atoms with Gasteiger partial charge in [-0.2, -0.15) is 18.2 Å². The molecule has 1 amide bonds. The van der Waals surface area contributed by atoms with Crippen LogP contribution in [0.4, 0.5) is 30.6 Å². The summed E-state index contributed by atoms with van der Waals surface area (Å²) in [6, 6.07) is 15.5. The number of alkyl halides is 3. The predicted octanol–water partition coefficient (Wildman–Crippen LogP) is 4.51. The van der Waals surface area contributed by atoms with E-state index < -0.39 is 17.8 Å². The number of nitrogens with one attached hydrogen (secondary N) is 1. The summed E-state index contributed by atoms with van der Waals surface area (Å²) in [6.07, 6.45) is -3.37. The Morgan fingerprint density at radius 1 is 1.03 bits per heavy atom. The molecule has 2 saturated heterocycles. The lowest BCUT2D eigenvalue weighted by Gasteiger charge is -2.32. The number of aromatic nitrogens is 2. The number of carbonyl (C=O) groups is 1. The summed E-state index contributed by atoms with van der Waals surface area (Å²) in [5.41, 5.74) is 0.943. The van der Waals surface area contributed by atoms with Crippen molar-refractivity contribution >= 4 is 23.4 Å². The molecule has 0 radical (unpaired) electrons. The molecule has 1 aromatic heterocycles. The number of amides is 1. The van der Waals surface area contributed by atoms with Crippen LogP contribution in [0.5, 0.6) is 0 Å². The van der Waals surface area contributed by atoms with Gasteiger partial charge in [0.25, 0.3) is 5.91 Å². The van der Waals surface area contributed by atoms with E-state index in [0.717, 1.165) is 24.8 Å². The van der Waals surface area contributed by atoms with Gasteiger partial charge in [-0.1, -0.05) is 30.3 Å². The van der Waals surface area contributed by atoms with E-state index in [2.05, 4.69) is 20.2 Å². The van der Waals surface area contributed by atoms with Gasteiger partial charge in [0.2, 0.25) is 5.95 Å². The minimum absolute atomic E-state index is 0.0107. The number of piperazine rings is 1. The van der Waals surface area contributed by atoms with E-state index in [1.165, 1.54) is 5.06 Å². The molecule has 1 N–H and O–H groups in total. The Kier molecular flexibility index (Phi) is 6.98. The van der Waals surface area contributed by atoms with Crippen LogP contribution >= 0.6 is 0 Å². The molecule has 0 aliphatic carbocycles. The molecular weight excluding hydrogens is 485 g/mol. The number of nitrogens with zero attached hydrogens (tertiary/aromatic N) is 5. The van der Waals surface area contributed by atoms with Crippen LogP contribution in [0.2, 0.25) is 0 Å². The molecule has 0 bridgehead atoms. The first-order valence-corrected chi connectivity index (χ1v) is 12.1. The van der Waals surface area contributed by atoms with Gasteiger partial charge in [0.15, 0.2) is 5.82 Å². The van der Waals surface area contributed by atoms with Crippen molar-refractivity contribution in [2.75, 3.05) is 50.2 Å². The second-order valence-electron chi connectivity index (χ2n) is 9.10. The molecule has 2 aliphatic rings. The Morgan fingerprint density at radius 2 is 1.73 bits per heavy atom. The summed E-state index contributed by atoms with van der Waals surface area (Å²) in [5, 5.41) is 4.17. The van der Waals surface area contributed by atoms with Crippen LogP contribution in [-0.4, -0.2) is 65.5 Å². The van der Waals surface area contributed by atoms with E-state index in [-0.39, 0.29) is 24.3 Å². The Bertz CT molecular complexity index is 1230. The Labute approximate surface area is 212 Å². The fourth-order valence-corrected chi connectivity index (χ4v) is 4.47. The lowest BCUT2D eigenvalue weighted by Crippen LogP contribution is -2.47. The maximum Gasteiger partial charge on any atom is 0.421 e. The number of hydroxylamine groups is 1. The average molecular weight is 513 g/mol. The van der Waals surface area contributed by atoms with Crippen LogP contribution < -0.4 is 10.4 Å². The third-order valence-electron chi connectivity index (χ3n) is 6.55. The quantitative estimate of drug-likeness (QED) is 0.539. The largest absolute Gasteiger partial charge is 0.421 e. The lowest BCUT2D eigenvalue weighted by atomic mass is 10.0. The van der Waals surface area contributed by atoms with Crippen LogP contribution in [0.25, 0.3) is 0 Å². The second-order valence-corrected chi connectivity index (χ2v) is 9.10. The highest BCUT2D eigenvalue weighted by Crippen LogP contribution is 2.41. The van der Waals surface area contributed by atoms with Crippen molar-refractivity contribution in [3.05, 3.63) is 77.5 Å². The number of rotatable bonds is 5. The molecule has 194 valence electrons. The fraction of sp³-hybridized carbons (Fsp3) is 0.346. The van der Waals surface area contributed by atoms with Gasteiger partial charge in [-0.3, -0.25) is 9.63 Å². The van der Waals surface area contributed by atoms with Crippen molar-refractivity contribution in [2.45, 2.75) is 18.6 Å². The Balaban J connectivity index is 1.37. The van der Waals surface area contributed by atoms with E-state index >= 15 is 0 Å². The second kappa shape index (κ2) is 10.3. The molecule has 2 aliphatic heterocycles. The van der Waals surface area contributed by atoms with Gasteiger partial charge < -0.3 is 15.1 Å². The first-order chi connectivity index (χ1) is 17.8. The molecule has 0 spiro atoms. The predicted molar refractivity (Wildman–Crippen MR) is 132 cm³/mol. The number of hydrogen-bond acceptors (Lipinski definition) is 7. The molecule has 2 fully saturated rings. The fourth-order valence-electron chi connectivity index (χ4n) is 4.47. The molecule has 2 aromatic carbocycles. The molecule has 8 nitrogen and oxygen atoms in total. The van der Waals surface area contributed by atoms with E-state index in [1.54, 1.807) is 24.3 Å². The third-order valence-corrected chi connectivity index (χ3v) is 6.55. The first kappa shape index (κ1) is 25.0. The van der Waals surface area contributed by atoms with Crippen LogP contribution in [-0.2, 0) is 11.0 Å². The zero-order valence-electron chi connectivity index (χ0n) is 20.3. The summed E-state index contributed by atoms with van der Waals surface area (Å²) in [7, 11) is 2.02. The maximum absolute atomic E-state index is 13.9. The highest BCUT2D eigenvalue weighted by molar-refractivity contribution is 5.94. The van der Waals surface area contributed by atoms with Crippen molar-refractivity contribution in [3.8, 4) is 0 Å². The third kappa shape index (κ3) is 5.52. The molecule has 1 unspecified atom stereocenters. The number of carbonyl (C=O) groups excluding carboxylic acids is 1. The summed E-state index contributed by atoms with van der Waals surface area (Å²) in [4.78, 5) is 30.5. The topological polar surface area (TPSA) is 73.8 Å². The monoisotopic (exact) mass is 512 g/mol. The molecule has 3 heterocycles. The van der Waals surface area contributed by atoms with Crippen molar-refractivity contribution in [1.29, 1.82) is 0 Å². The van der Waals surface area contributed by atoms with Crippen molar-refractivity contribution in [2.24, 2.45) is 0 Å². The van der Waals surface area contributed by atoms with E-state index in [9.17, 15) is 18.0 Å². The Hall–Kier alpha value is -3.70. The molecule has 3 aromatic rings. The minimum atomic E-state index is -4.66.